The monoisotopic (exact) mass is 248 g/mol. The summed E-state index contributed by atoms with van der Waals surface area (Å²) in [5, 5.41) is 0. The molecule has 0 bridgehead atoms. The molecule has 0 unspecified atom stereocenters. The summed E-state index contributed by atoms with van der Waals surface area (Å²) in [5.74, 6) is 0.998. The summed E-state index contributed by atoms with van der Waals surface area (Å²) in [4.78, 5) is 11.9. The molecule has 1 aliphatic heterocycles. The average molecular weight is 248 g/mol. The molecule has 0 N–H and O–H groups in total. The first-order valence-corrected chi connectivity index (χ1v) is 6.77. The highest BCUT2D eigenvalue weighted by atomic mass is 16.6. The second-order valence-corrected chi connectivity index (χ2v) is 5.72. The molecule has 2 fully saturated rings. The van der Waals surface area contributed by atoms with Gasteiger partial charge < -0.3 is 9.47 Å². The molecular weight excluding hydrogens is 228 g/mol. The first-order valence-electron chi connectivity index (χ1n) is 6.77. The molecule has 0 amide bonds. The number of carbonyl (C=O) groups is 1. The molecule has 3 rings (SSSR count). The van der Waals surface area contributed by atoms with Gasteiger partial charge in [-0.2, -0.15) is 0 Å². The summed E-state index contributed by atoms with van der Waals surface area (Å²) in [5.41, 5.74) is -0.813. The zero-order valence-corrected chi connectivity index (χ0v) is 10.9. The van der Waals surface area contributed by atoms with Crippen LogP contribution in [0, 0.1) is 11.3 Å². The van der Waals surface area contributed by atoms with E-state index in [0.717, 1.165) is 25.7 Å². The van der Waals surface area contributed by atoms with Crippen molar-refractivity contribution in [2.75, 3.05) is 7.11 Å². The highest BCUT2D eigenvalue weighted by Gasteiger charge is 2.66. The zero-order chi connectivity index (χ0) is 12.8. The number of carbonyl (C=O) groups excluding carboxylic acids is 1. The Kier molecular flexibility index (Phi) is 2.54. The number of hydrogen-bond donors (Lipinski definition) is 0. The molecule has 18 heavy (non-hydrogen) atoms. The van der Waals surface area contributed by atoms with Crippen LogP contribution in [0.3, 0.4) is 0 Å². The predicted molar refractivity (Wildman–Crippen MR) is 67.7 cm³/mol. The van der Waals surface area contributed by atoms with Crippen LogP contribution in [-0.2, 0) is 14.3 Å². The third-order valence-electron chi connectivity index (χ3n) is 5.05. The van der Waals surface area contributed by atoms with Crippen LogP contribution < -0.4 is 0 Å². The molecule has 0 radical (unpaired) electrons. The zero-order valence-electron chi connectivity index (χ0n) is 10.9. The van der Waals surface area contributed by atoms with Crippen LogP contribution in [0.25, 0.3) is 0 Å². The molecule has 1 heterocycles. The van der Waals surface area contributed by atoms with E-state index in [0.29, 0.717) is 18.1 Å². The molecular formula is C15H20O3. The van der Waals surface area contributed by atoms with E-state index in [1.54, 1.807) is 7.11 Å². The molecule has 3 heteroatoms. The van der Waals surface area contributed by atoms with Crippen molar-refractivity contribution >= 4 is 5.97 Å². The van der Waals surface area contributed by atoms with Gasteiger partial charge >= 0.3 is 5.97 Å². The van der Waals surface area contributed by atoms with Gasteiger partial charge in [-0.3, -0.25) is 4.79 Å². The van der Waals surface area contributed by atoms with Gasteiger partial charge in [0.05, 0.1) is 18.9 Å². The van der Waals surface area contributed by atoms with E-state index in [1.165, 1.54) is 6.42 Å². The fourth-order valence-corrected chi connectivity index (χ4v) is 4.20. The van der Waals surface area contributed by atoms with Gasteiger partial charge in [0.2, 0.25) is 0 Å². The summed E-state index contributed by atoms with van der Waals surface area (Å²) < 4.78 is 11.3. The molecule has 3 nitrogen and oxygen atoms in total. The van der Waals surface area contributed by atoms with Crippen LogP contribution in [0.2, 0.25) is 0 Å². The quantitative estimate of drug-likeness (QED) is 0.428. The van der Waals surface area contributed by atoms with Gasteiger partial charge in [-0.25, -0.2) is 0 Å². The van der Waals surface area contributed by atoms with Crippen LogP contribution in [0.15, 0.2) is 24.5 Å². The largest absolute Gasteiger partial charge is 0.501 e. The van der Waals surface area contributed by atoms with Crippen molar-refractivity contribution in [2.24, 2.45) is 11.3 Å². The molecule has 1 saturated heterocycles. The minimum Gasteiger partial charge on any atom is -0.501 e. The van der Waals surface area contributed by atoms with Crippen molar-refractivity contribution in [1.82, 2.24) is 0 Å². The van der Waals surface area contributed by atoms with Crippen molar-refractivity contribution < 1.29 is 14.3 Å². The second kappa shape index (κ2) is 3.87. The molecule has 3 aliphatic rings. The third-order valence-corrected chi connectivity index (χ3v) is 5.05. The van der Waals surface area contributed by atoms with Crippen molar-refractivity contribution in [1.29, 1.82) is 0 Å². The molecule has 1 saturated carbocycles. The Hall–Kier alpha value is -1.25. The van der Waals surface area contributed by atoms with Gasteiger partial charge in [0.15, 0.2) is 0 Å². The lowest BCUT2D eigenvalue weighted by molar-refractivity contribution is -0.163. The summed E-state index contributed by atoms with van der Waals surface area (Å²) in [6.07, 6.45) is 10.1. The second-order valence-electron chi connectivity index (χ2n) is 5.72. The standard InChI is InChI=1S/C15H20O3/c1-11(17-2)14-8-5-7-12-6-3-4-9-15(12,14)18-13(16)10-14/h5,8,12H,1,3-4,6-7,9-10H2,2H3/t12-,14-,15-/m1/s1. The molecule has 98 valence electrons. The molecule has 1 spiro atoms. The maximum absolute atomic E-state index is 11.9. The van der Waals surface area contributed by atoms with Crippen molar-refractivity contribution in [2.45, 2.75) is 44.1 Å². The van der Waals surface area contributed by atoms with Crippen molar-refractivity contribution in [3.05, 3.63) is 24.5 Å². The van der Waals surface area contributed by atoms with Crippen molar-refractivity contribution in [3.8, 4) is 0 Å². The van der Waals surface area contributed by atoms with E-state index in [1.807, 2.05) is 0 Å². The van der Waals surface area contributed by atoms with Crippen LogP contribution in [-0.4, -0.2) is 18.7 Å². The van der Waals surface area contributed by atoms with Gasteiger partial charge in [-0.15, -0.1) is 0 Å². The van der Waals surface area contributed by atoms with Crippen LogP contribution >= 0.6 is 0 Å². The molecule has 3 atom stereocenters. The summed E-state index contributed by atoms with van der Waals surface area (Å²) in [6.45, 7) is 4.04. The first-order chi connectivity index (χ1) is 8.64. The van der Waals surface area contributed by atoms with Crippen LogP contribution in [0.1, 0.15) is 38.5 Å². The smallest absolute Gasteiger partial charge is 0.307 e. The highest BCUT2D eigenvalue weighted by molar-refractivity contribution is 5.76. The van der Waals surface area contributed by atoms with Gasteiger partial charge in [0.25, 0.3) is 0 Å². The Bertz CT molecular complexity index is 425. The van der Waals surface area contributed by atoms with Gasteiger partial charge in [0, 0.05) is 5.92 Å². The molecule has 0 aromatic rings. The average Bonchev–Trinajstić information content (AvgIpc) is 2.68. The minimum atomic E-state index is -0.428. The van der Waals surface area contributed by atoms with E-state index in [9.17, 15) is 4.79 Å². The normalized spacial score (nSPS) is 41.8. The summed E-state index contributed by atoms with van der Waals surface area (Å²) in [7, 11) is 1.63. The van der Waals surface area contributed by atoms with Crippen LogP contribution in [0.4, 0.5) is 0 Å². The number of hydrogen-bond acceptors (Lipinski definition) is 3. The Morgan fingerprint density at radius 3 is 3.17 bits per heavy atom. The van der Waals surface area contributed by atoms with E-state index >= 15 is 0 Å². The number of esters is 1. The number of methoxy groups -OCH3 is 1. The van der Waals surface area contributed by atoms with Crippen molar-refractivity contribution in [3.63, 3.8) is 0 Å². The Balaban J connectivity index is 2.12. The summed E-state index contributed by atoms with van der Waals surface area (Å²) >= 11 is 0. The Morgan fingerprint density at radius 1 is 1.56 bits per heavy atom. The Labute approximate surface area is 108 Å². The van der Waals surface area contributed by atoms with E-state index < -0.39 is 5.41 Å². The van der Waals surface area contributed by atoms with Gasteiger partial charge in [-0.1, -0.05) is 25.2 Å². The first kappa shape index (κ1) is 11.8. The Morgan fingerprint density at radius 2 is 2.39 bits per heavy atom. The number of rotatable bonds is 2. The lowest BCUT2D eigenvalue weighted by Gasteiger charge is -2.51. The maximum atomic E-state index is 11.9. The lowest BCUT2D eigenvalue weighted by atomic mass is 9.56. The topological polar surface area (TPSA) is 35.5 Å². The number of allylic oxidation sites excluding steroid dienone is 1. The maximum Gasteiger partial charge on any atom is 0.307 e. The number of ether oxygens (including phenoxy) is 2. The molecule has 0 aromatic carbocycles. The molecule has 0 aromatic heterocycles. The van der Waals surface area contributed by atoms with Gasteiger partial charge in [0.1, 0.15) is 11.4 Å². The molecule has 2 aliphatic carbocycles. The highest BCUT2D eigenvalue weighted by Crippen LogP contribution is 2.61. The minimum absolute atomic E-state index is 0.105. The van der Waals surface area contributed by atoms with Gasteiger partial charge in [-0.05, 0) is 25.7 Å². The van der Waals surface area contributed by atoms with E-state index in [2.05, 4.69) is 18.7 Å². The van der Waals surface area contributed by atoms with Crippen LogP contribution in [0.5, 0.6) is 0 Å². The fourth-order valence-electron chi connectivity index (χ4n) is 4.20. The third kappa shape index (κ3) is 1.28. The van der Waals surface area contributed by atoms with E-state index in [-0.39, 0.29) is 11.6 Å². The SMILES string of the molecule is C=C(OC)[C@]12C=CC[C@H]3CCCC[C@@]31OC(=O)C2. The summed E-state index contributed by atoms with van der Waals surface area (Å²) in [6, 6.07) is 0. The van der Waals surface area contributed by atoms with E-state index in [4.69, 9.17) is 9.47 Å². The predicted octanol–water partition coefficient (Wildman–Crippen LogP) is 2.97. The fraction of sp³-hybridized carbons (Fsp3) is 0.667. The lowest BCUT2D eigenvalue weighted by Crippen LogP contribution is -2.54.